The molecule has 2 N–H and O–H groups in total. The van der Waals surface area contributed by atoms with Crippen LogP contribution in [-0.2, 0) is 9.53 Å². The van der Waals surface area contributed by atoms with Gasteiger partial charge in [-0.25, -0.2) is 4.79 Å². The van der Waals surface area contributed by atoms with E-state index in [9.17, 15) is 15.0 Å². The Morgan fingerprint density at radius 2 is 1.85 bits per heavy atom. The molecule has 0 radical (unpaired) electrons. The molecule has 0 bridgehead atoms. The van der Waals surface area contributed by atoms with Crippen molar-refractivity contribution >= 4 is 5.97 Å². The van der Waals surface area contributed by atoms with E-state index >= 15 is 0 Å². The number of aliphatic hydroxyl groups excluding tert-OH is 2. The van der Waals surface area contributed by atoms with E-state index in [-0.39, 0.29) is 51.9 Å². The Labute approximate surface area is 239 Å². The highest BCUT2D eigenvalue weighted by Crippen LogP contribution is 2.73. The van der Waals surface area contributed by atoms with Crippen molar-refractivity contribution in [3.63, 3.8) is 0 Å². The van der Waals surface area contributed by atoms with Gasteiger partial charge in [0.1, 0.15) is 6.10 Å². The van der Waals surface area contributed by atoms with Crippen LogP contribution < -0.4 is 0 Å². The lowest BCUT2D eigenvalue weighted by Gasteiger charge is -2.69. The molecule has 4 rings (SSSR count). The lowest BCUT2D eigenvalue weighted by atomic mass is 9.35. The molecular weight excluding hydrogens is 484 g/mol. The molecule has 9 atom stereocenters. The van der Waals surface area contributed by atoms with Crippen molar-refractivity contribution in [1.82, 2.24) is 0 Å². The average molecular weight is 543 g/mol. The summed E-state index contributed by atoms with van der Waals surface area (Å²) in [7, 11) is 0. The second-order valence-electron chi connectivity index (χ2n) is 15.6. The van der Waals surface area contributed by atoms with E-state index in [1.165, 1.54) is 12.8 Å². The average Bonchev–Trinajstić information content (AvgIpc) is 2.90. The van der Waals surface area contributed by atoms with Gasteiger partial charge in [0.05, 0.1) is 6.10 Å². The number of esters is 1. The maximum atomic E-state index is 12.8. The van der Waals surface area contributed by atoms with E-state index in [0.29, 0.717) is 23.3 Å². The highest BCUT2D eigenvalue weighted by molar-refractivity contribution is 5.87. The Morgan fingerprint density at radius 1 is 1.15 bits per heavy atom. The van der Waals surface area contributed by atoms with Crippen molar-refractivity contribution in [3.05, 3.63) is 23.3 Å². The molecule has 0 aliphatic heterocycles. The fraction of sp³-hybridized carbons (Fsp3) is 0.857. The van der Waals surface area contributed by atoms with Crippen LogP contribution in [0.1, 0.15) is 127 Å². The van der Waals surface area contributed by atoms with Gasteiger partial charge in [-0.05, 0) is 112 Å². The van der Waals surface area contributed by atoms with E-state index < -0.39 is 0 Å². The molecule has 4 heteroatoms. The standard InChI is InChI=1S/C35H58O4/c1-10-23(3)30(38)39-29-21-35(22-36)19-18-33(8)26(27(35)20-31(29,5)6)12-13-28-32(7,16-15-25(37)11-2)24(4)14-17-34(28,33)9/h10,12,24-25,27-29,36-37H,11,13-22H2,1-9H3/b23-10-/t24?,25?,27?,28?,29?,32?,33-,34?,35?/m1/s1. The maximum Gasteiger partial charge on any atom is 0.333 e. The van der Waals surface area contributed by atoms with Crippen molar-refractivity contribution in [2.45, 2.75) is 139 Å². The van der Waals surface area contributed by atoms with Gasteiger partial charge in [0.15, 0.2) is 0 Å². The van der Waals surface area contributed by atoms with Crippen molar-refractivity contribution in [2.75, 3.05) is 6.61 Å². The largest absolute Gasteiger partial charge is 0.458 e. The van der Waals surface area contributed by atoms with E-state index in [2.05, 4.69) is 54.5 Å². The normalized spacial score (nSPS) is 44.4. The van der Waals surface area contributed by atoms with Crippen molar-refractivity contribution in [2.24, 2.45) is 44.8 Å². The topological polar surface area (TPSA) is 66.8 Å². The van der Waals surface area contributed by atoms with E-state index in [1.54, 1.807) is 5.57 Å². The van der Waals surface area contributed by atoms with E-state index in [4.69, 9.17) is 4.74 Å². The lowest BCUT2D eigenvalue weighted by Crippen LogP contribution is -2.62. The molecule has 0 saturated heterocycles. The maximum absolute atomic E-state index is 12.8. The van der Waals surface area contributed by atoms with Gasteiger partial charge in [-0.3, -0.25) is 0 Å². The van der Waals surface area contributed by atoms with E-state index in [1.807, 2.05) is 19.9 Å². The second-order valence-corrected chi connectivity index (χ2v) is 15.6. The number of fused-ring (bicyclic) bond motifs is 5. The first-order chi connectivity index (χ1) is 18.1. The molecule has 3 saturated carbocycles. The van der Waals surface area contributed by atoms with Crippen LogP contribution in [0.25, 0.3) is 0 Å². The summed E-state index contributed by atoms with van der Waals surface area (Å²) >= 11 is 0. The molecule has 222 valence electrons. The van der Waals surface area contributed by atoms with Gasteiger partial charge < -0.3 is 14.9 Å². The Hall–Kier alpha value is -1.13. The van der Waals surface area contributed by atoms with Gasteiger partial charge in [0, 0.05) is 23.0 Å². The number of ether oxygens (including phenoxy) is 1. The smallest absolute Gasteiger partial charge is 0.333 e. The second kappa shape index (κ2) is 10.6. The van der Waals surface area contributed by atoms with Crippen molar-refractivity contribution < 1.29 is 19.7 Å². The van der Waals surface area contributed by atoms with Crippen LogP contribution in [0.15, 0.2) is 23.3 Å². The van der Waals surface area contributed by atoms with Crippen LogP contribution >= 0.6 is 0 Å². The van der Waals surface area contributed by atoms with Crippen LogP contribution in [0, 0.1) is 44.8 Å². The number of rotatable bonds is 7. The highest BCUT2D eigenvalue weighted by Gasteiger charge is 2.66. The minimum Gasteiger partial charge on any atom is -0.458 e. The molecule has 0 aromatic heterocycles. The minimum absolute atomic E-state index is 0.102. The van der Waals surface area contributed by atoms with Gasteiger partial charge >= 0.3 is 5.97 Å². The number of carbonyl (C=O) groups excluding carboxylic acids is 1. The Kier molecular flexibility index (Phi) is 8.38. The first-order valence-electron chi connectivity index (χ1n) is 16.0. The van der Waals surface area contributed by atoms with Crippen molar-refractivity contribution in [3.8, 4) is 0 Å². The summed E-state index contributed by atoms with van der Waals surface area (Å²) in [5, 5.41) is 21.5. The number of carbonyl (C=O) groups is 1. The summed E-state index contributed by atoms with van der Waals surface area (Å²) < 4.78 is 6.14. The van der Waals surface area contributed by atoms with Crippen LogP contribution in [0.5, 0.6) is 0 Å². The first kappa shape index (κ1) is 30.8. The van der Waals surface area contributed by atoms with Gasteiger partial charge in [-0.15, -0.1) is 0 Å². The molecule has 4 aliphatic rings. The lowest BCUT2D eigenvalue weighted by molar-refractivity contribution is -0.181. The summed E-state index contributed by atoms with van der Waals surface area (Å²) in [4.78, 5) is 12.8. The third-order valence-electron chi connectivity index (χ3n) is 13.5. The molecule has 0 heterocycles. The van der Waals surface area contributed by atoms with Crippen LogP contribution in [-0.4, -0.2) is 35.0 Å². The fourth-order valence-electron chi connectivity index (χ4n) is 9.81. The summed E-state index contributed by atoms with van der Waals surface area (Å²) in [5.74, 6) is 1.35. The molecule has 0 spiro atoms. The molecule has 4 nitrogen and oxygen atoms in total. The molecule has 0 aromatic carbocycles. The number of hydrogen-bond donors (Lipinski definition) is 2. The Morgan fingerprint density at radius 3 is 2.46 bits per heavy atom. The minimum atomic E-state index is -0.227. The molecule has 3 fully saturated rings. The number of hydrogen-bond acceptors (Lipinski definition) is 4. The summed E-state index contributed by atoms with van der Waals surface area (Å²) in [5.41, 5.74) is 2.38. The summed E-state index contributed by atoms with van der Waals surface area (Å²) in [6, 6.07) is 0. The third-order valence-corrected chi connectivity index (χ3v) is 13.5. The van der Waals surface area contributed by atoms with Crippen molar-refractivity contribution in [1.29, 1.82) is 0 Å². The molecule has 8 unspecified atom stereocenters. The quantitative estimate of drug-likeness (QED) is 0.194. The predicted octanol–water partition coefficient (Wildman–Crippen LogP) is 8.02. The fourth-order valence-corrected chi connectivity index (χ4v) is 9.81. The molecular formula is C35H58O4. The van der Waals surface area contributed by atoms with Crippen LogP contribution in [0.3, 0.4) is 0 Å². The summed E-state index contributed by atoms with van der Waals surface area (Å²) in [6.45, 7) is 20.6. The van der Waals surface area contributed by atoms with Gasteiger partial charge in [0.25, 0.3) is 0 Å². The molecule has 39 heavy (non-hydrogen) atoms. The molecule has 0 amide bonds. The zero-order valence-electron chi connectivity index (χ0n) is 26.5. The van der Waals surface area contributed by atoms with Gasteiger partial charge in [-0.2, -0.15) is 0 Å². The predicted molar refractivity (Wildman–Crippen MR) is 159 cm³/mol. The van der Waals surface area contributed by atoms with E-state index in [0.717, 1.165) is 51.4 Å². The first-order valence-corrected chi connectivity index (χ1v) is 16.0. The Balaban J connectivity index is 1.70. The van der Waals surface area contributed by atoms with Crippen LogP contribution in [0.2, 0.25) is 0 Å². The Bertz CT molecular complexity index is 995. The highest BCUT2D eigenvalue weighted by atomic mass is 16.5. The zero-order valence-corrected chi connectivity index (χ0v) is 26.5. The summed E-state index contributed by atoms with van der Waals surface area (Å²) in [6.07, 6.45) is 14.2. The third kappa shape index (κ3) is 4.78. The van der Waals surface area contributed by atoms with Crippen LogP contribution in [0.4, 0.5) is 0 Å². The monoisotopic (exact) mass is 542 g/mol. The number of aliphatic hydroxyl groups is 2. The zero-order chi connectivity index (χ0) is 29.0. The van der Waals surface area contributed by atoms with Gasteiger partial charge in [-0.1, -0.05) is 66.2 Å². The SMILES string of the molecule is C/C=C(/C)C(=O)OC1CC2(CO)CC[C@]3(C)C(=CCC4C(C)(CCC(O)CC)C(C)CCC43C)C2CC1(C)C. The number of allylic oxidation sites excluding steroid dienone is 3. The molecule has 0 aromatic rings. The molecule has 4 aliphatic carbocycles. The van der Waals surface area contributed by atoms with Gasteiger partial charge in [0.2, 0.25) is 0 Å².